The lowest BCUT2D eigenvalue weighted by molar-refractivity contribution is 0.472. The minimum Gasteiger partial charge on any atom is -0.388 e. The standard InChI is InChI=1S/C16H17N.C13H21N.C9H19N/c1-12(2)10-14-4-6-15(7-5-14)16-8-9-17-13(3)11-16;1-3-12(2)9-10-13-8-6-4-5-7-11-14-13;1-6-7-8(2)10-9(3,4)5/h4-9,11H,1,10H2,2-3H3;3,9-10,14H,1,4-8,11H2,2H3;7,10H,6H2,1-5H3/b;12-9-,13-10+;. The van der Waals surface area contributed by atoms with Crippen molar-refractivity contribution in [2.24, 2.45) is 0 Å². The maximum absolute atomic E-state index is 4.21. The largest absolute Gasteiger partial charge is 0.388 e. The topological polar surface area (TPSA) is 37.0 Å². The van der Waals surface area contributed by atoms with E-state index in [1.54, 1.807) is 0 Å². The minimum absolute atomic E-state index is 0.204. The van der Waals surface area contributed by atoms with Gasteiger partial charge in [-0.1, -0.05) is 86.6 Å². The van der Waals surface area contributed by atoms with Gasteiger partial charge in [0, 0.05) is 35.4 Å². The van der Waals surface area contributed by atoms with E-state index in [9.17, 15) is 0 Å². The van der Waals surface area contributed by atoms with Gasteiger partial charge in [0.2, 0.25) is 0 Å². The van der Waals surface area contributed by atoms with Crippen molar-refractivity contribution >= 4 is 0 Å². The Morgan fingerprint density at radius 2 is 1.68 bits per heavy atom. The highest BCUT2D eigenvalue weighted by atomic mass is 14.9. The van der Waals surface area contributed by atoms with Crippen LogP contribution >= 0.6 is 0 Å². The first-order valence-corrected chi connectivity index (χ1v) is 15.3. The first-order valence-electron chi connectivity index (χ1n) is 15.3. The molecule has 1 aromatic carbocycles. The first-order chi connectivity index (χ1) is 19.4. The van der Waals surface area contributed by atoms with Crippen LogP contribution in [0.25, 0.3) is 11.1 Å². The molecule has 1 saturated heterocycles. The monoisotopic (exact) mass is 555 g/mol. The smallest absolute Gasteiger partial charge is 0.0378 e. The molecule has 0 atom stereocenters. The van der Waals surface area contributed by atoms with Gasteiger partial charge in [-0.3, -0.25) is 4.98 Å². The van der Waals surface area contributed by atoms with Crippen LogP contribution in [0, 0.1) is 6.92 Å². The van der Waals surface area contributed by atoms with Crippen LogP contribution in [-0.4, -0.2) is 17.1 Å². The van der Waals surface area contributed by atoms with Crippen LogP contribution in [0.3, 0.4) is 0 Å². The Labute approximate surface area is 252 Å². The number of benzene rings is 1. The number of nitrogens with zero attached hydrogens (tertiary/aromatic N) is 1. The third-order valence-electron chi connectivity index (χ3n) is 6.37. The molecule has 3 rings (SSSR count). The van der Waals surface area contributed by atoms with Crippen molar-refractivity contribution in [1.82, 2.24) is 15.6 Å². The van der Waals surface area contributed by atoms with Gasteiger partial charge in [-0.05, 0) is 115 Å². The number of nitrogens with one attached hydrogen (secondary N) is 2. The van der Waals surface area contributed by atoms with E-state index in [2.05, 4.69) is 126 Å². The Kier molecular flexibility index (Phi) is 17.1. The molecule has 0 aliphatic carbocycles. The normalized spacial score (nSPS) is 15.2. The van der Waals surface area contributed by atoms with Crippen LogP contribution in [0.2, 0.25) is 0 Å². The fraction of sp³-hybridized carbons (Fsp3) is 0.447. The second-order valence-electron chi connectivity index (χ2n) is 12.1. The van der Waals surface area contributed by atoms with Gasteiger partial charge >= 0.3 is 0 Å². The summed E-state index contributed by atoms with van der Waals surface area (Å²) in [5, 5.41) is 6.86. The summed E-state index contributed by atoms with van der Waals surface area (Å²) < 4.78 is 0. The van der Waals surface area contributed by atoms with Crippen molar-refractivity contribution in [2.75, 3.05) is 6.54 Å². The summed E-state index contributed by atoms with van der Waals surface area (Å²) in [7, 11) is 0. The molecule has 1 aliphatic rings. The van der Waals surface area contributed by atoms with Gasteiger partial charge in [0.05, 0.1) is 0 Å². The molecule has 1 fully saturated rings. The molecule has 0 bridgehead atoms. The highest BCUT2D eigenvalue weighted by Gasteiger charge is 2.07. The molecule has 2 N–H and O–H groups in total. The maximum atomic E-state index is 4.21. The van der Waals surface area contributed by atoms with Crippen molar-refractivity contribution < 1.29 is 0 Å². The molecule has 3 nitrogen and oxygen atoms in total. The maximum Gasteiger partial charge on any atom is 0.0378 e. The van der Waals surface area contributed by atoms with E-state index in [1.807, 2.05) is 25.3 Å². The van der Waals surface area contributed by atoms with Crippen LogP contribution in [0.15, 0.2) is 103 Å². The molecule has 2 aromatic rings. The molecular formula is C38H57N3. The van der Waals surface area contributed by atoms with Gasteiger partial charge in [0.15, 0.2) is 0 Å². The van der Waals surface area contributed by atoms with Crippen molar-refractivity contribution in [3.63, 3.8) is 0 Å². The molecule has 0 unspecified atom stereocenters. The quantitative estimate of drug-likeness (QED) is 0.263. The fourth-order valence-corrected chi connectivity index (χ4v) is 4.41. The van der Waals surface area contributed by atoms with E-state index in [-0.39, 0.29) is 5.54 Å². The molecule has 3 heteroatoms. The van der Waals surface area contributed by atoms with E-state index in [0.29, 0.717) is 0 Å². The number of hydrogen-bond donors (Lipinski definition) is 2. The van der Waals surface area contributed by atoms with Crippen LogP contribution in [0.5, 0.6) is 0 Å². The van der Waals surface area contributed by atoms with E-state index in [1.165, 1.54) is 71.3 Å². The van der Waals surface area contributed by atoms with Crippen LogP contribution in [0.1, 0.15) is 98.2 Å². The van der Waals surface area contributed by atoms with E-state index >= 15 is 0 Å². The van der Waals surface area contributed by atoms with Crippen LogP contribution in [0.4, 0.5) is 0 Å². The lowest BCUT2D eigenvalue weighted by Crippen LogP contribution is -2.34. The Balaban J connectivity index is 0.000000320. The lowest BCUT2D eigenvalue weighted by Gasteiger charge is -2.22. The third kappa shape index (κ3) is 17.9. The Hall–Kier alpha value is -3.33. The summed E-state index contributed by atoms with van der Waals surface area (Å²) in [6.45, 7) is 25.7. The Bertz CT molecular complexity index is 1130. The van der Waals surface area contributed by atoms with Crippen LogP contribution in [-0.2, 0) is 6.42 Å². The first kappa shape index (κ1) is 35.7. The molecule has 1 aromatic heterocycles. The zero-order chi connectivity index (χ0) is 30.7. The van der Waals surface area contributed by atoms with E-state index < -0.39 is 0 Å². The number of allylic oxidation sites excluding steroid dienone is 8. The van der Waals surface area contributed by atoms with E-state index in [4.69, 9.17) is 0 Å². The van der Waals surface area contributed by atoms with Gasteiger partial charge in [0.25, 0.3) is 0 Å². The van der Waals surface area contributed by atoms with Gasteiger partial charge in [0.1, 0.15) is 0 Å². The summed E-state index contributed by atoms with van der Waals surface area (Å²) in [6.07, 6.45) is 18.9. The molecule has 224 valence electrons. The SMILES string of the molecule is C=C(C)Cc1ccc(-c2ccnc(C)c2)cc1.C=C/C(C)=C\C=C1/CCCCCCN1.CCC=C(C)NC(C)(C)C. The van der Waals surface area contributed by atoms with Gasteiger partial charge < -0.3 is 10.6 Å². The number of hydrogen-bond acceptors (Lipinski definition) is 3. The van der Waals surface area contributed by atoms with Crippen molar-refractivity contribution in [1.29, 1.82) is 0 Å². The fourth-order valence-electron chi connectivity index (χ4n) is 4.41. The average Bonchev–Trinajstić information content (AvgIpc) is 2.88. The molecule has 41 heavy (non-hydrogen) atoms. The Morgan fingerprint density at radius 1 is 1.00 bits per heavy atom. The highest BCUT2D eigenvalue weighted by Crippen LogP contribution is 2.20. The van der Waals surface area contributed by atoms with E-state index in [0.717, 1.165) is 25.1 Å². The lowest BCUT2D eigenvalue weighted by atomic mass is 10.0. The summed E-state index contributed by atoms with van der Waals surface area (Å²) in [6, 6.07) is 12.8. The summed E-state index contributed by atoms with van der Waals surface area (Å²) in [5.74, 6) is 0. The van der Waals surface area contributed by atoms with Crippen molar-refractivity contribution in [2.45, 2.75) is 106 Å². The molecular weight excluding hydrogens is 498 g/mol. The van der Waals surface area contributed by atoms with Gasteiger partial charge in [-0.15, -0.1) is 0 Å². The zero-order valence-corrected chi connectivity index (χ0v) is 27.4. The van der Waals surface area contributed by atoms with Crippen molar-refractivity contribution in [3.8, 4) is 11.1 Å². The molecule has 1 aliphatic heterocycles. The molecule has 0 amide bonds. The third-order valence-corrected chi connectivity index (χ3v) is 6.37. The number of rotatable bonds is 7. The van der Waals surface area contributed by atoms with Crippen LogP contribution < -0.4 is 10.6 Å². The number of aryl methyl sites for hydroxylation is 1. The molecule has 0 radical (unpaired) electrons. The molecule has 0 spiro atoms. The van der Waals surface area contributed by atoms with Gasteiger partial charge in [-0.25, -0.2) is 0 Å². The average molecular weight is 556 g/mol. The summed E-state index contributed by atoms with van der Waals surface area (Å²) in [5.41, 5.74) is 10.1. The number of pyridine rings is 1. The minimum atomic E-state index is 0.204. The summed E-state index contributed by atoms with van der Waals surface area (Å²) in [4.78, 5) is 4.21. The number of aromatic nitrogens is 1. The molecule has 0 saturated carbocycles. The van der Waals surface area contributed by atoms with Crippen molar-refractivity contribution in [3.05, 3.63) is 114 Å². The second-order valence-corrected chi connectivity index (χ2v) is 12.1. The predicted octanol–water partition coefficient (Wildman–Crippen LogP) is 10.4. The molecule has 2 heterocycles. The highest BCUT2D eigenvalue weighted by molar-refractivity contribution is 5.63. The summed E-state index contributed by atoms with van der Waals surface area (Å²) >= 11 is 0. The zero-order valence-electron chi connectivity index (χ0n) is 27.4. The predicted molar refractivity (Wildman–Crippen MR) is 183 cm³/mol. The Morgan fingerprint density at radius 3 is 2.27 bits per heavy atom. The second kappa shape index (κ2) is 19.7. The van der Waals surface area contributed by atoms with Gasteiger partial charge in [-0.2, -0.15) is 0 Å².